The van der Waals surface area contributed by atoms with Gasteiger partial charge in [0.25, 0.3) is 5.56 Å². The molecule has 0 aromatic carbocycles. The van der Waals surface area contributed by atoms with Crippen LogP contribution in [0.5, 0.6) is 0 Å². The number of hydrogen-bond acceptors (Lipinski definition) is 6. The highest BCUT2D eigenvalue weighted by Crippen LogP contribution is 2.22. The highest BCUT2D eigenvalue weighted by molar-refractivity contribution is 5.03. The average Bonchev–Trinajstić information content (AvgIpc) is 2.42. The summed E-state index contributed by atoms with van der Waals surface area (Å²) in [6.07, 6.45) is -4.24. The molecule has 1 saturated heterocycles. The van der Waals surface area contributed by atoms with Crippen molar-refractivity contribution >= 4 is 0 Å². The third kappa shape index (κ3) is 2.39. The lowest BCUT2D eigenvalue weighted by Crippen LogP contribution is -2.53. The Kier molecular flexibility index (Phi) is 4.06. The molecule has 20 heavy (non-hydrogen) atoms. The van der Waals surface area contributed by atoms with E-state index in [0.717, 1.165) is 16.8 Å². The van der Waals surface area contributed by atoms with Crippen LogP contribution in [-0.2, 0) is 4.74 Å². The fourth-order valence-corrected chi connectivity index (χ4v) is 1.94. The Hall–Kier alpha value is -1.92. The summed E-state index contributed by atoms with van der Waals surface area (Å²) in [5.74, 6) is 2.43. The number of nitrogens with zero attached hydrogens (tertiary/aromatic N) is 2. The first-order valence-corrected chi connectivity index (χ1v) is 5.90. The van der Waals surface area contributed by atoms with E-state index in [2.05, 4.69) is 12.0 Å². The molecule has 8 heteroatoms. The molecule has 0 bridgehead atoms. The Morgan fingerprint density at radius 1 is 1.30 bits per heavy atom. The highest BCUT2D eigenvalue weighted by atomic mass is 16.5. The minimum absolute atomic E-state index is 0.242. The topological polar surface area (TPSA) is 114 Å². The highest BCUT2D eigenvalue weighted by Gasteiger charge is 2.39. The first kappa shape index (κ1) is 14.5. The second kappa shape index (κ2) is 5.60. The fraction of sp³-hybridized carbons (Fsp3) is 0.500. The number of aromatic nitrogens is 2. The van der Waals surface area contributed by atoms with Crippen LogP contribution in [0, 0.1) is 12.0 Å². The molecule has 4 atom stereocenters. The molecule has 0 radical (unpaired) electrons. The summed E-state index contributed by atoms with van der Waals surface area (Å²) in [4.78, 5) is 23.6. The van der Waals surface area contributed by atoms with Crippen molar-refractivity contribution in [2.24, 2.45) is 0 Å². The molecule has 1 aromatic heterocycles. The van der Waals surface area contributed by atoms with Gasteiger partial charge >= 0.3 is 5.69 Å². The maximum Gasteiger partial charge on any atom is 0.345 e. The Morgan fingerprint density at radius 3 is 2.65 bits per heavy atom. The molecule has 1 aliphatic heterocycles. The van der Waals surface area contributed by atoms with Crippen molar-refractivity contribution in [2.45, 2.75) is 31.5 Å². The summed E-state index contributed by atoms with van der Waals surface area (Å²) < 4.78 is 6.78. The molecular weight excluding hydrogens is 268 g/mol. The lowest BCUT2D eigenvalue weighted by Gasteiger charge is -2.35. The van der Waals surface area contributed by atoms with Crippen LogP contribution in [0.15, 0.2) is 21.9 Å². The van der Waals surface area contributed by atoms with E-state index in [0.29, 0.717) is 4.57 Å². The Morgan fingerprint density at radius 2 is 2.00 bits per heavy atom. The zero-order valence-electron chi connectivity index (χ0n) is 10.6. The van der Waals surface area contributed by atoms with Gasteiger partial charge in [0.15, 0.2) is 6.23 Å². The van der Waals surface area contributed by atoms with Gasteiger partial charge in [0, 0.05) is 18.3 Å². The number of ether oxygens (including phenoxy) is 1. The van der Waals surface area contributed by atoms with E-state index in [1.807, 2.05) is 0 Å². The molecule has 2 heterocycles. The summed E-state index contributed by atoms with van der Waals surface area (Å²) >= 11 is 0. The van der Waals surface area contributed by atoms with Crippen LogP contribution in [0.2, 0.25) is 0 Å². The Bertz CT molecular complexity index is 667. The predicted molar refractivity (Wildman–Crippen MR) is 66.8 cm³/mol. The molecular formula is C12H14N2O6. The van der Waals surface area contributed by atoms with Gasteiger partial charge in [-0.2, -0.15) is 4.57 Å². The standard InChI is InChI=1S/C12H14N2O6/c1-2-4-13-8(16)3-5-14(12(13)19)11-10(18)9(17)7(15)6-20-11/h3,5,7,9-11,15,17-18H,6H2,1H3/t7-,9-,10+,11?/m1/s1. The Balaban J connectivity index is 2.48. The van der Waals surface area contributed by atoms with Gasteiger partial charge in [-0.3, -0.25) is 9.36 Å². The molecule has 8 nitrogen and oxygen atoms in total. The first-order chi connectivity index (χ1) is 9.47. The maximum absolute atomic E-state index is 12.1. The number of rotatable bonds is 1. The van der Waals surface area contributed by atoms with E-state index in [4.69, 9.17) is 4.74 Å². The van der Waals surface area contributed by atoms with E-state index in [-0.39, 0.29) is 6.61 Å². The van der Waals surface area contributed by atoms with E-state index in [9.17, 15) is 24.9 Å². The van der Waals surface area contributed by atoms with Crippen molar-refractivity contribution in [2.75, 3.05) is 6.61 Å². The van der Waals surface area contributed by atoms with Crippen molar-refractivity contribution in [3.63, 3.8) is 0 Å². The predicted octanol–water partition coefficient (Wildman–Crippen LogP) is -2.55. The summed E-state index contributed by atoms with van der Waals surface area (Å²) in [5.41, 5.74) is -1.40. The van der Waals surface area contributed by atoms with Crippen LogP contribution < -0.4 is 11.2 Å². The molecule has 1 fully saturated rings. The van der Waals surface area contributed by atoms with Gasteiger partial charge in [0.1, 0.15) is 18.3 Å². The maximum atomic E-state index is 12.1. The van der Waals surface area contributed by atoms with Crippen molar-refractivity contribution < 1.29 is 20.1 Å². The third-order valence-corrected chi connectivity index (χ3v) is 2.98. The van der Waals surface area contributed by atoms with Crippen LogP contribution in [0.3, 0.4) is 0 Å². The van der Waals surface area contributed by atoms with Gasteiger partial charge in [-0.15, -0.1) is 0 Å². The smallest absolute Gasteiger partial charge is 0.345 e. The van der Waals surface area contributed by atoms with E-state index < -0.39 is 35.8 Å². The van der Waals surface area contributed by atoms with Gasteiger partial charge in [0.2, 0.25) is 0 Å². The summed E-state index contributed by atoms with van der Waals surface area (Å²) in [7, 11) is 0. The summed E-state index contributed by atoms with van der Waals surface area (Å²) in [5, 5.41) is 28.8. The first-order valence-electron chi connectivity index (χ1n) is 5.90. The van der Waals surface area contributed by atoms with Crippen molar-refractivity contribution in [1.82, 2.24) is 9.13 Å². The number of aliphatic hydroxyl groups is 3. The van der Waals surface area contributed by atoms with Crippen LogP contribution in [-0.4, -0.2) is 49.4 Å². The van der Waals surface area contributed by atoms with E-state index in [1.54, 1.807) is 0 Å². The van der Waals surface area contributed by atoms with Crippen molar-refractivity contribution in [1.29, 1.82) is 0 Å². The molecule has 0 aliphatic carbocycles. The number of hydrogen-bond donors (Lipinski definition) is 3. The van der Waals surface area contributed by atoms with Crippen molar-refractivity contribution in [3.05, 3.63) is 33.1 Å². The number of aliphatic hydroxyl groups excluding tert-OH is 3. The van der Waals surface area contributed by atoms with Gasteiger partial charge < -0.3 is 20.1 Å². The van der Waals surface area contributed by atoms with Gasteiger partial charge in [0.05, 0.1) is 6.61 Å². The zero-order chi connectivity index (χ0) is 14.9. The molecule has 3 N–H and O–H groups in total. The molecule has 1 aliphatic rings. The monoisotopic (exact) mass is 282 g/mol. The average molecular weight is 282 g/mol. The van der Waals surface area contributed by atoms with Gasteiger partial charge in [-0.25, -0.2) is 4.79 Å². The molecule has 108 valence electrons. The van der Waals surface area contributed by atoms with Crippen LogP contribution in [0.4, 0.5) is 0 Å². The van der Waals surface area contributed by atoms with Crippen LogP contribution in [0.25, 0.3) is 0 Å². The van der Waals surface area contributed by atoms with Gasteiger partial charge in [-0.1, -0.05) is 5.92 Å². The van der Waals surface area contributed by atoms with E-state index in [1.165, 1.54) is 6.92 Å². The normalized spacial score (nSPS) is 29.6. The van der Waals surface area contributed by atoms with Crippen LogP contribution >= 0.6 is 0 Å². The van der Waals surface area contributed by atoms with E-state index >= 15 is 0 Å². The summed E-state index contributed by atoms with van der Waals surface area (Å²) in [6.45, 7) is 1.23. The third-order valence-electron chi connectivity index (χ3n) is 2.98. The fourth-order valence-electron chi connectivity index (χ4n) is 1.94. The largest absolute Gasteiger partial charge is 0.388 e. The lowest BCUT2D eigenvalue weighted by atomic mass is 10.0. The van der Waals surface area contributed by atoms with Crippen molar-refractivity contribution in [3.8, 4) is 12.0 Å². The quantitative estimate of drug-likeness (QED) is 0.489. The zero-order valence-corrected chi connectivity index (χ0v) is 10.6. The van der Waals surface area contributed by atoms with Crippen LogP contribution in [0.1, 0.15) is 13.2 Å². The lowest BCUT2D eigenvalue weighted by molar-refractivity contribution is -0.212. The molecule has 0 saturated carbocycles. The molecule has 0 amide bonds. The SMILES string of the molecule is CC#Cn1c(=O)ccn(C2OC[C@@H](O)[C@@H](O)[C@@H]2O)c1=O. The summed E-state index contributed by atoms with van der Waals surface area (Å²) in [6, 6.07) is 3.43. The second-order valence-corrected chi connectivity index (χ2v) is 4.31. The van der Waals surface area contributed by atoms with Gasteiger partial charge in [-0.05, 0) is 6.92 Å². The molecule has 2 rings (SSSR count). The minimum atomic E-state index is -1.50. The Labute approximate surface area is 113 Å². The molecule has 1 aromatic rings. The molecule has 0 spiro atoms. The molecule has 1 unspecified atom stereocenters. The minimum Gasteiger partial charge on any atom is -0.388 e. The second-order valence-electron chi connectivity index (χ2n) is 4.31.